The van der Waals surface area contributed by atoms with Crippen LogP contribution >= 0.6 is 11.3 Å². The Morgan fingerprint density at radius 2 is 2.24 bits per heavy atom. The number of nitrogens with zero attached hydrogens (tertiary/aromatic N) is 2. The van der Waals surface area contributed by atoms with E-state index < -0.39 is 0 Å². The zero-order chi connectivity index (χ0) is 12.3. The Morgan fingerprint density at radius 1 is 1.41 bits per heavy atom. The molecule has 2 aromatic heterocycles. The van der Waals surface area contributed by atoms with Crippen LogP contribution in [-0.4, -0.2) is 17.1 Å². The van der Waals surface area contributed by atoms with E-state index in [1.807, 2.05) is 24.4 Å². The normalized spacial score (nSPS) is 12.2. The molecule has 0 saturated heterocycles. The van der Waals surface area contributed by atoms with Crippen molar-refractivity contribution in [2.45, 2.75) is 19.9 Å². The number of anilines is 1. The molecule has 0 aromatic carbocycles. The van der Waals surface area contributed by atoms with Crippen LogP contribution in [0.15, 0.2) is 24.4 Å². The molecule has 0 bridgehead atoms. The molecule has 0 aliphatic rings. The van der Waals surface area contributed by atoms with Gasteiger partial charge >= 0.3 is 0 Å². The maximum atomic E-state index is 5.08. The number of aromatic nitrogens is 2. The summed E-state index contributed by atoms with van der Waals surface area (Å²) in [5, 5.41) is 4.37. The molecule has 0 radical (unpaired) electrons. The summed E-state index contributed by atoms with van der Waals surface area (Å²) in [5.41, 5.74) is 0. The molecule has 2 rings (SSSR count). The lowest BCUT2D eigenvalue weighted by Gasteiger charge is -2.12. The third-order valence-electron chi connectivity index (χ3n) is 2.31. The molecule has 2 aromatic rings. The minimum atomic E-state index is 0.147. The lowest BCUT2D eigenvalue weighted by atomic mass is 10.3. The van der Waals surface area contributed by atoms with Crippen LogP contribution in [-0.2, 0) is 0 Å². The van der Waals surface area contributed by atoms with E-state index in [4.69, 9.17) is 4.74 Å². The van der Waals surface area contributed by atoms with Gasteiger partial charge in [0.25, 0.3) is 0 Å². The Labute approximate surface area is 105 Å². The number of rotatable bonds is 4. The van der Waals surface area contributed by atoms with Gasteiger partial charge in [-0.25, -0.2) is 4.98 Å². The van der Waals surface area contributed by atoms with Gasteiger partial charge in [-0.1, -0.05) is 6.07 Å². The fraction of sp³-hybridized carbons (Fsp3) is 0.333. The number of hydrogen-bond acceptors (Lipinski definition) is 5. The number of methoxy groups -OCH3 is 1. The quantitative estimate of drug-likeness (QED) is 0.904. The molecule has 17 heavy (non-hydrogen) atoms. The molecule has 0 amide bonds. The lowest BCUT2D eigenvalue weighted by molar-refractivity contribution is 0.398. The van der Waals surface area contributed by atoms with Crippen molar-refractivity contribution in [3.8, 4) is 5.88 Å². The molecule has 0 spiro atoms. The van der Waals surface area contributed by atoms with Crippen molar-refractivity contribution in [1.29, 1.82) is 0 Å². The van der Waals surface area contributed by atoms with E-state index in [1.165, 1.54) is 4.88 Å². The third-order valence-corrected chi connectivity index (χ3v) is 3.40. The van der Waals surface area contributed by atoms with Crippen molar-refractivity contribution in [3.05, 3.63) is 34.3 Å². The molecule has 1 atom stereocenters. The highest BCUT2D eigenvalue weighted by atomic mass is 32.1. The monoisotopic (exact) mass is 249 g/mol. The molecule has 4 nitrogen and oxygen atoms in total. The van der Waals surface area contributed by atoms with Crippen LogP contribution in [0.5, 0.6) is 5.88 Å². The fourth-order valence-electron chi connectivity index (χ4n) is 1.46. The standard InChI is InChI=1S/C12H15N3OS/c1-8-7-13-12(17-8)9(2)14-10-5-4-6-11(15-10)16-3/h4-7,9H,1-3H3,(H,14,15). The Balaban J connectivity index is 2.09. The Hall–Kier alpha value is -1.62. The highest BCUT2D eigenvalue weighted by molar-refractivity contribution is 7.11. The van der Waals surface area contributed by atoms with Gasteiger partial charge in [-0.2, -0.15) is 4.98 Å². The van der Waals surface area contributed by atoms with Gasteiger partial charge < -0.3 is 10.1 Å². The summed E-state index contributed by atoms with van der Waals surface area (Å²) in [4.78, 5) is 9.87. The van der Waals surface area contributed by atoms with Crippen LogP contribution in [0.1, 0.15) is 22.9 Å². The number of aryl methyl sites for hydroxylation is 1. The van der Waals surface area contributed by atoms with Crippen LogP contribution in [0.3, 0.4) is 0 Å². The summed E-state index contributed by atoms with van der Waals surface area (Å²) in [6.07, 6.45) is 1.89. The zero-order valence-corrected chi connectivity index (χ0v) is 10.9. The average molecular weight is 249 g/mol. The van der Waals surface area contributed by atoms with Crippen LogP contribution in [0.25, 0.3) is 0 Å². The van der Waals surface area contributed by atoms with Gasteiger partial charge in [0, 0.05) is 17.1 Å². The van der Waals surface area contributed by atoms with Gasteiger partial charge in [-0.15, -0.1) is 11.3 Å². The average Bonchev–Trinajstić information content (AvgIpc) is 2.76. The summed E-state index contributed by atoms with van der Waals surface area (Å²) >= 11 is 1.69. The minimum Gasteiger partial charge on any atom is -0.481 e. The van der Waals surface area contributed by atoms with E-state index in [-0.39, 0.29) is 6.04 Å². The van der Waals surface area contributed by atoms with Crippen molar-refractivity contribution in [3.63, 3.8) is 0 Å². The lowest BCUT2D eigenvalue weighted by Crippen LogP contribution is -2.07. The highest BCUT2D eigenvalue weighted by Gasteiger charge is 2.09. The van der Waals surface area contributed by atoms with Gasteiger partial charge in [-0.3, -0.25) is 0 Å². The molecule has 90 valence electrons. The van der Waals surface area contributed by atoms with E-state index in [9.17, 15) is 0 Å². The van der Waals surface area contributed by atoms with Gasteiger partial charge in [0.15, 0.2) is 0 Å². The van der Waals surface area contributed by atoms with Crippen molar-refractivity contribution in [1.82, 2.24) is 9.97 Å². The third kappa shape index (κ3) is 2.94. The summed E-state index contributed by atoms with van der Waals surface area (Å²) in [5.74, 6) is 1.40. The molecule has 2 heterocycles. The number of pyridine rings is 1. The first kappa shape index (κ1) is 11.9. The zero-order valence-electron chi connectivity index (χ0n) is 10.1. The molecule has 0 saturated carbocycles. The molecular formula is C12H15N3OS. The maximum Gasteiger partial charge on any atom is 0.214 e. The second-order valence-electron chi connectivity index (χ2n) is 3.74. The van der Waals surface area contributed by atoms with Gasteiger partial charge in [0.1, 0.15) is 10.8 Å². The summed E-state index contributed by atoms with van der Waals surface area (Å²) in [7, 11) is 1.61. The molecule has 0 fully saturated rings. The minimum absolute atomic E-state index is 0.147. The van der Waals surface area contributed by atoms with E-state index in [0.29, 0.717) is 5.88 Å². The predicted molar refractivity (Wildman–Crippen MR) is 69.7 cm³/mol. The summed E-state index contributed by atoms with van der Waals surface area (Å²) in [6.45, 7) is 4.12. The Kier molecular flexibility index (Phi) is 3.58. The molecular weight excluding hydrogens is 234 g/mol. The number of thiazole rings is 1. The van der Waals surface area contributed by atoms with Crippen LogP contribution in [0, 0.1) is 6.92 Å². The van der Waals surface area contributed by atoms with Crippen molar-refractivity contribution < 1.29 is 4.74 Å². The number of ether oxygens (including phenoxy) is 1. The summed E-state index contributed by atoms with van der Waals surface area (Å²) < 4.78 is 5.08. The second-order valence-corrected chi connectivity index (χ2v) is 5.01. The van der Waals surface area contributed by atoms with Crippen LogP contribution < -0.4 is 10.1 Å². The molecule has 5 heteroatoms. The first-order valence-corrected chi connectivity index (χ1v) is 6.20. The SMILES string of the molecule is COc1cccc(NC(C)c2ncc(C)s2)n1. The Bertz CT molecular complexity index is 498. The second kappa shape index (κ2) is 5.14. The van der Waals surface area contributed by atoms with E-state index in [2.05, 4.69) is 29.1 Å². The largest absolute Gasteiger partial charge is 0.481 e. The molecule has 0 aliphatic carbocycles. The van der Waals surface area contributed by atoms with Crippen molar-refractivity contribution in [2.24, 2.45) is 0 Å². The topological polar surface area (TPSA) is 47.0 Å². The van der Waals surface area contributed by atoms with E-state index >= 15 is 0 Å². The van der Waals surface area contributed by atoms with Crippen molar-refractivity contribution >= 4 is 17.2 Å². The number of nitrogens with one attached hydrogen (secondary N) is 1. The predicted octanol–water partition coefficient (Wildman–Crippen LogP) is 3.03. The van der Waals surface area contributed by atoms with Crippen LogP contribution in [0.2, 0.25) is 0 Å². The van der Waals surface area contributed by atoms with Crippen LogP contribution in [0.4, 0.5) is 5.82 Å². The molecule has 1 unspecified atom stereocenters. The highest BCUT2D eigenvalue weighted by Crippen LogP contribution is 2.23. The molecule has 0 aliphatic heterocycles. The fourth-order valence-corrected chi connectivity index (χ4v) is 2.24. The van der Waals surface area contributed by atoms with E-state index in [0.717, 1.165) is 10.8 Å². The number of hydrogen-bond donors (Lipinski definition) is 1. The molecule has 1 N–H and O–H groups in total. The van der Waals surface area contributed by atoms with Crippen molar-refractivity contribution in [2.75, 3.05) is 12.4 Å². The first-order valence-electron chi connectivity index (χ1n) is 5.39. The van der Waals surface area contributed by atoms with E-state index in [1.54, 1.807) is 18.4 Å². The maximum absolute atomic E-state index is 5.08. The smallest absolute Gasteiger partial charge is 0.214 e. The summed E-state index contributed by atoms with van der Waals surface area (Å²) in [6, 6.07) is 5.80. The van der Waals surface area contributed by atoms with Gasteiger partial charge in [0.2, 0.25) is 5.88 Å². The Morgan fingerprint density at radius 3 is 2.88 bits per heavy atom. The van der Waals surface area contributed by atoms with Gasteiger partial charge in [0.05, 0.1) is 13.2 Å². The van der Waals surface area contributed by atoms with Gasteiger partial charge in [-0.05, 0) is 19.9 Å². The first-order chi connectivity index (χ1) is 8.19.